The summed E-state index contributed by atoms with van der Waals surface area (Å²) in [6.45, 7) is 5.70. The third-order valence-electron chi connectivity index (χ3n) is 5.46. The third-order valence-corrected chi connectivity index (χ3v) is 5.46. The summed E-state index contributed by atoms with van der Waals surface area (Å²) in [6, 6.07) is 16.6. The monoisotopic (exact) mass is 390 g/mol. The molecule has 5 heteroatoms. The van der Waals surface area contributed by atoms with Gasteiger partial charge in [-0.3, -0.25) is 4.98 Å². The van der Waals surface area contributed by atoms with Crippen LogP contribution in [0.15, 0.2) is 54.7 Å². The summed E-state index contributed by atoms with van der Waals surface area (Å²) in [5.74, 6) is 0.861. The Morgan fingerprint density at radius 3 is 2.59 bits per heavy atom. The standard InChI is InChI=1S/C24H26N2O3/c1-3-28-24(27)26-15-12-21(13-16-26)29-20-9-6-18(7-10-20)22-11-8-19-5-4-14-25-23(19)17(22)2/h4-11,14,21H,3,12-13,15-16H2,1-2H3. The first-order valence-corrected chi connectivity index (χ1v) is 10.2. The number of nitrogens with zero attached hydrogens (tertiary/aromatic N) is 2. The van der Waals surface area contributed by atoms with Gasteiger partial charge in [-0.25, -0.2) is 4.79 Å². The fourth-order valence-electron chi connectivity index (χ4n) is 3.88. The Balaban J connectivity index is 1.42. The Kier molecular flexibility index (Phi) is 5.65. The molecule has 0 N–H and O–H groups in total. The molecule has 0 bridgehead atoms. The minimum atomic E-state index is -0.226. The van der Waals surface area contributed by atoms with Gasteiger partial charge in [0, 0.05) is 37.5 Å². The van der Waals surface area contributed by atoms with Crippen molar-refractivity contribution >= 4 is 17.0 Å². The molecule has 1 amide bonds. The van der Waals surface area contributed by atoms with Crippen LogP contribution < -0.4 is 4.74 Å². The number of hydrogen-bond acceptors (Lipinski definition) is 4. The van der Waals surface area contributed by atoms with Crippen molar-refractivity contribution in [2.45, 2.75) is 32.8 Å². The van der Waals surface area contributed by atoms with Crippen LogP contribution in [0.2, 0.25) is 0 Å². The van der Waals surface area contributed by atoms with Gasteiger partial charge in [-0.1, -0.05) is 30.3 Å². The van der Waals surface area contributed by atoms with Gasteiger partial charge in [-0.15, -0.1) is 0 Å². The maximum atomic E-state index is 11.8. The van der Waals surface area contributed by atoms with Crippen molar-refractivity contribution in [3.63, 3.8) is 0 Å². The molecule has 29 heavy (non-hydrogen) atoms. The molecule has 1 aliphatic rings. The number of carbonyl (C=O) groups is 1. The number of fused-ring (bicyclic) bond motifs is 1. The van der Waals surface area contributed by atoms with Crippen molar-refractivity contribution in [3.05, 3.63) is 60.3 Å². The molecule has 0 aliphatic carbocycles. The summed E-state index contributed by atoms with van der Waals surface area (Å²) in [4.78, 5) is 18.1. The molecule has 150 valence electrons. The number of aromatic nitrogens is 1. The number of piperidine rings is 1. The fourth-order valence-corrected chi connectivity index (χ4v) is 3.88. The summed E-state index contributed by atoms with van der Waals surface area (Å²) in [5, 5.41) is 1.16. The van der Waals surface area contributed by atoms with Crippen LogP contribution in [0.4, 0.5) is 4.79 Å². The summed E-state index contributed by atoms with van der Waals surface area (Å²) in [6.07, 6.45) is 3.36. The Morgan fingerprint density at radius 2 is 1.86 bits per heavy atom. The van der Waals surface area contributed by atoms with Gasteiger partial charge in [-0.05, 0) is 48.7 Å². The molecule has 0 atom stereocenters. The summed E-state index contributed by atoms with van der Waals surface area (Å²) >= 11 is 0. The Hall–Kier alpha value is -3.08. The number of rotatable bonds is 4. The van der Waals surface area contributed by atoms with E-state index in [1.165, 1.54) is 11.1 Å². The zero-order valence-corrected chi connectivity index (χ0v) is 16.9. The van der Waals surface area contributed by atoms with E-state index in [2.05, 4.69) is 42.2 Å². The minimum absolute atomic E-state index is 0.123. The number of ether oxygens (including phenoxy) is 2. The third kappa shape index (κ3) is 4.19. The predicted octanol–water partition coefficient (Wildman–Crippen LogP) is 5.21. The van der Waals surface area contributed by atoms with Gasteiger partial charge in [0.2, 0.25) is 0 Å². The molecule has 1 fully saturated rings. The first-order valence-electron chi connectivity index (χ1n) is 10.2. The quantitative estimate of drug-likeness (QED) is 0.614. The van der Waals surface area contributed by atoms with Gasteiger partial charge < -0.3 is 14.4 Å². The van der Waals surface area contributed by atoms with Crippen LogP contribution >= 0.6 is 0 Å². The lowest BCUT2D eigenvalue weighted by Gasteiger charge is -2.31. The number of pyridine rings is 1. The largest absolute Gasteiger partial charge is 0.490 e. The second-order valence-electron chi connectivity index (χ2n) is 7.34. The fraction of sp³-hybridized carbons (Fsp3) is 0.333. The normalized spacial score (nSPS) is 14.8. The lowest BCUT2D eigenvalue weighted by molar-refractivity contribution is 0.0703. The van der Waals surface area contributed by atoms with Crippen molar-refractivity contribution < 1.29 is 14.3 Å². The van der Waals surface area contributed by atoms with E-state index in [1.54, 1.807) is 4.90 Å². The molecule has 5 nitrogen and oxygen atoms in total. The molecule has 0 spiro atoms. The average molecular weight is 390 g/mol. The van der Waals surface area contributed by atoms with Crippen molar-refractivity contribution in [3.8, 4) is 16.9 Å². The van der Waals surface area contributed by atoms with E-state index in [-0.39, 0.29) is 12.2 Å². The van der Waals surface area contributed by atoms with Crippen LogP contribution in [0.3, 0.4) is 0 Å². The average Bonchev–Trinajstić information content (AvgIpc) is 2.76. The van der Waals surface area contributed by atoms with E-state index in [1.807, 2.05) is 31.3 Å². The summed E-state index contributed by atoms with van der Waals surface area (Å²) in [5.41, 5.74) is 4.56. The smallest absolute Gasteiger partial charge is 0.409 e. The van der Waals surface area contributed by atoms with E-state index in [0.29, 0.717) is 19.7 Å². The van der Waals surface area contributed by atoms with Crippen molar-refractivity contribution in [1.29, 1.82) is 0 Å². The lowest BCUT2D eigenvalue weighted by Crippen LogP contribution is -2.42. The second kappa shape index (κ2) is 8.52. The van der Waals surface area contributed by atoms with Crippen molar-refractivity contribution in [2.75, 3.05) is 19.7 Å². The molecule has 2 heterocycles. The van der Waals surface area contributed by atoms with Crippen molar-refractivity contribution in [1.82, 2.24) is 9.88 Å². The van der Waals surface area contributed by atoms with Crippen LogP contribution in [-0.4, -0.2) is 41.8 Å². The maximum absolute atomic E-state index is 11.8. The summed E-state index contributed by atoms with van der Waals surface area (Å²) in [7, 11) is 0. The van der Waals surface area contributed by atoms with Gasteiger partial charge in [0.15, 0.2) is 0 Å². The topological polar surface area (TPSA) is 51.7 Å². The summed E-state index contributed by atoms with van der Waals surface area (Å²) < 4.78 is 11.2. The van der Waals surface area contributed by atoms with Gasteiger partial charge >= 0.3 is 6.09 Å². The molecule has 4 rings (SSSR count). The predicted molar refractivity (Wildman–Crippen MR) is 114 cm³/mol. The molecule has 0 radical (unpaired) electrons. The van der Waals surface area contributed by atoms with E-state index >= 15 is 0 Å². The van der Waals surface area contributed by atoms with Crippen molar-refractivity contribution in [2.24, 2.45) is 0 Å². The van der Waals surface area contributed by atoms with Crippen LogP contribution in [0.5, 0.6) is 5.75 Å². The van der Waals surface area contributed by atoms with E-state index in [4.69, 9.17) is 9.47 Å². The highest BCUT2D eigenvalue weighted by Crippen LogP contribution is 2.30. The zero-order valence-electron chi connectivity index (χ0n) is 16.9. The molecule has 0 saturated carbocycles. The Bertz CT molecular complexity index is 993. The molecular weight excluding hydrogens is 364 g/mol. The zero-order chi connectivity index (χ0) is 20.2. The van der Waals surface area contributed by atoms with Crippen LogP contribution in [0.1, 0.15) is 25.3 Å². The number of likely N-dealkylation sites (tertiary alicyclic amines) is 1. The SMILES string of the molecule is CCOC(=O)N1CCC(Oc2ccc(-c3ccc4cccnc4c3C)cc2)CC1. The van der Waals surface area contributed by atoms with Gasteiger partial charge in [-0.2, -0.15) is 0 Å². The maximum Gasteiger partial charge on any atom is 0.409 e. The van der Waals surface area contributed by atoms with Crippen LogP contribution in [-0.2, 0) is 4.74 Å². The second-order valence-corrected chi connectivity index (χ2v) is 7.34. The van der Waals surface area contributed by atoms with Gasteiger partial charge in [0.1, 0.15) is 11.9 Å². The number of carbonyl (C=O) groups excluding carboxylic acids is 1. The lowest BCUT2D eigenvalue weighted by atomic mass is 9.98. The minimum Gasteiger partial charge on any atom is -0.490 e. The molecule has 1 saturated heterocycles. The highest BCUT2D eigenvalue weighted by Gasteiger charge is 2.24. The van der Waals surface area contributed by atoms with Crippen LogP contribution in [0, 0.1) is 6.92 Å². The first-order chi connectivity index (χ1) is 14.2. The molecule has 1 aromatic heterocycles. The van der Waals surface area contributed by atoms with Crippen LogP contribution in [0.25, 0.3) is 22.0 Å². The van der Waals surface area contributed by atoms with Gasteiger partial charge in [0.05, 0.1) is 12.1 Å². The van der Waals surface area contributed by atoms with E-state index in [0.717, 1.165) is 35.1 Å². The Labute approximate surface area is 171 Å². The highest BCUT2D eigenvalue weighted by atomic mass is 16.6. The number of hydrogen-bond donors (Lipinski definition) is 0. The Morgan fingerprint density at radius 1 is 1.10 bits per heavy atom. The molecule has 3 aromatic rings. The number of aryl methyl sites for hydroxylation is 1. The number of amides is 1. The molecule has 0 unspecified atom stereocenters. The molecule has 1 aliphatic heterocycles. The van der Waals surface area contributed by atoms with Gasteiger partial charge in [0.25, 0.3) is 0 Å². The first kappa shape index (κ1) is 19.2. The van der Waals surface area contributed by atoms with E-state index in [9.17, 15) is 4.79 Å². The number of benzene rings is 2. The van der Waals surface area contributed by atoms with E-state index < -0.39 is 0 Å². The highest BCUT2D eigenvalue weighted by molar-refractivity contribution is 5.88. The molecular formula is C24H26N2O3. The molecule has 2 aromatic carbocycles.